The Hall–Kier alpha value is -1.29. The fourth-order valence-corrected chi connectivity index (χ4v) is 4.66. The number of nitrogens with two attached hydrogens (primary N) is 1. The maximum absolute atomic E-state index is 12.7. The molecule has 0 aliphatic carbocycles. The van der Waals surface area contributed by atoms with Crippen molar-refractivity contribution in [1.82, 2.24) is 9.55 Å². The van der Waals surface area contributed by atoms with E-state index in [1.807, 2.05) is 20.8 Å². The minimum atomic E-state index is -4.45. The lowest BCUT2D eigenvalue weighted by atomic mass is 9.87. The van der Waals surface area contributed by atoms with Gasteiger partial charge in [-0.3, -0.25) is 13.6 Å². The summed E-state index contributed by atoms with van der Waals surface area (Å²) >= 11 is 0. The lowest BCUT2D eigenvalue weighted by molar-refractivity contribution is -0.0594. The van der Waals surface area contributed by atoms with Gasteiger partial charge in [0.2, 0.25) is 0 Å². The van der Waals surface area contributed by atoms with E-state index in [-0.39, 0.29) is 11.2 Å². The summed E-state index contributed by atoms with van der Waals surface area (Å²) in [5, 5.41) is 0. The molecule has 172 valence electrons. The van der Waals surface area contributed by atoms with E-state index in [2.05, 4.69) is 4.98 Å². The number of hydrogen-bond acceptors (Lipinski definition) is 8. The first-order valence-corrected chi connectivity index (χ1v) is 11.3. The first kappa shape index (κ1) is 25.0. The average Bonchev–Trinajstić information content (AvgIpc) is 2.83. The Morgan fingerprint density at radius 3 is 2.37 bits per heavy atom. The monoisotopic (exact) mass is 447 g/mol. The van der Waals surface area contributed by atoms with Crippen molar-refractivity contribution in [2.24, 2.45) is 5.41 Å². The number of nitrogen functional groups attached to an aromatic ring is 1. The maximum Gasteiger partial charge on any atom is 0.473 e. The van der Waals surface area contributed by atoms with Gasteiger partial charge in [0.25, 0.3) is 0 Å². The molecule has 1 aromatic rings. The van der Waals surface area contributed by atoms with Crippen LogP contribution in [0.15, 0.2) is 11.0 Å². The molecule has 3 unspecified atom stereocenters. The summed E-state index contributed by atoms with van der Waals surface area (Å²) in [4.78, 5) is 26.6. The number of ether oxygens (including phenoxy) is 2. The lowest BCUT2D eigenvalue weighted by Gasteiger charge is -2.30. The highest BCUT2D eigenvalue weighted by molar-refractivity contribution is 7.47. The number of anilines is 1. The number of rotatable bonds is 6. The minimum Gasteiger partial charge on any atom is -0.383 e. The van der Waals surface area contributed by atoms with Crippen molar-refractivity contribution < 1.29 is 28.0 Å². The molecule has 0 saturated carbocycles. The molecule has 0 spiro atoms. The van der Waals surface area contributed by atoms with E-state index < -0.39 is 43.7 Å². The molecule has 11 heteroatoms. The lowest BCUT2D eigenvalue weighted by Crippen LogP contribution is -2.39. The van der Waals surface area contributed by atoms with Crippen LogP contribution in [0.1, 0.15) is 59.8 Å². The van der Waals surface area contributed by atoms with Gasteiger partial charge in [-0.05, 0) is 39.5 Å². The third kappa shape index (κ3) is 6.35. The van der Waals surface area contributed by atoms with E-state index in [0.717, 1.165) is 0 Å². The zero-order valence-corrected chi connectivity index (χ0v) is 19.8. The van der Waals surface area contributed by atoms with Crippen molar-refractivity contribution in [3.05, 3.63) is 22.2 Å². The Balaban J connectivity index is 2.45. The highest BCUT2D eigenvalue weighted by Crippen LogP contribution is 2.52. The normalized spacial score (nSPS) is 27.2. The molecule has 1 aliphatic heterocycles. The summed E-state index contributed by atoms with van der Waals surface area (Å²) in [6.07, 6.45) is -1.34. The third-order valence-corrected chi connectivity index (χ3v) is 5.75. The summed E-state index contributed by atoms with van der Waals surface area (Å²) in [5.74, 6) is 0.126. The number of aromatic nitrogens is 2. The molecule has 1 aliphatic rings. The zero-order chi connectivity index (χ0) is 23.1. The molecule has 10 nitrogen and oxygen atoms in total. The molecule has 0 bridgehead atoms. The SMILES string of the molecule is COC1C(OP(=O)(O)OC(C)(C)C)[C@@H](CC(C)(C)C)O[C@H]1n1cc(C)c(N)nc1=O. The maximum atomic E-state index is 12.7. The van der Waals surface area contributed by atoms with E-state index >= 15 is 0 Å². The van der Waals surface area contributed by atoms with Crippen LogP contribution >= 0.6 is 7.82 Å². The predicted octanol–water partition coefficient (Wildman–Crippen LogP) is 2.78. The number of aryl methyl sites for hydroxylation is 1. The Kier molecular flexibility index (Phi) is 7.23. The van der Waals surface area contributed by atoms with Gasteiger partial charge in [0.15, 0.2) is 6.23 Å². The van der Waals surface area contributed by atoms with Crippen LogP contribution < -0.4 is 11.4 Å². The molecule has 0 aromatic carbocycles. The van der Waals surface area contributed by atoms with Crippen molar-refractivity contribution in [3.63, 3.8) is 0 Å². The van der Waals surface area contributed by atoms with Crippen molar-refractivity contribution >= 4 is 13.6 Å². The van der Waals surface area contributed by atoms with Gasteiger partial charge in [0.1, 0.15) is 18.0 Å². The van der Waals surface area contributed by atoms with Gasteiger partial charge in [-0.2, -0.15) is 4.98 Å². The standard InChI is InChI=1S/C19H34N3O7P/c1-11-10-22(17(23)21-15(11)20)16-14(26-8)13(12(27-16)9-18(2,3)4)28-30(24,25)29-19(5,6)7/h10,12-14,16H,9H2,1-8H3,(H,24,25)(H2,20,21,23)/t12-,13?,14?,16-/m1/s1. The van der Waals surface area contributed by atoms with Gasteiger partial charge >= 0.3 is 13.5 Å². The Bertz CT molecular complexity index is 859. The molecule has 0 amide bonds. The number of phosphoric acid groups is 1. The zero-order valence-electron chi connectivity index (χ0n) is 18.9. The first-order valence-electron chi connectivity index (χ1n) is 9.78. The predicted molar refractivity (Wildman–Crippen MR) is 112 cm³/mol. The van der Waals surface area contributed by atoms with Crippen LogP contribution in [0.3, 0.4) is 0 Å². The summed E-state index contributed by atoms with van der Waals surface area (Å²) in [5.41, 5.74) is 4.61. The average molecular weight is 447 g/mol. The van der Waals surface area contributed by atoms with Gasteiger partial charge in [0.05, 0.1) is 11.7 Å². The van der Waals surface area contributed by atoms with Crippen molar-refractivity contribution in [3.8, 4) is 0 Å². The summed E-state index contributed by atoms with van der Waals surface area (Å²) < 4.78 is 36.5. The number of methoxy groups -OCH3 is 1. The number of hydrogen-bond donors (Lipinski definition) is 2. The van der Waals surface area contributed by atoms with E-state index in [4.69, 9.17) is 24.3 Å². The largest absolute Gasteiger partial charge is 0.473 e. The Labute approximate surface area is 177 Å². The van der Waals surface area contributed by atoms with Crippen LogP contribution in [0.25, 0.3) is 0 Å². The molecule has 2 heterocycles. The van der Waals surface area contributed by atoms with Crippen LogP contribution in [0.2, 0.25) is 0 Å². The van der Waals surface area contributed by atoms with Gasteiger partial charge in [-0.15, -0.1) is 0 Å². The van der Waals surface area contributed by atoms with E-state index in [9.17, 15) is 14.3 Å². The number of nitrogens with zero attached hydrogens (tertiary/aromatic N) is 2. The Morgan fingerprint density at radius 1 is 1.27 bits per heavy atom. The second kappa shape index (κ2) is 8.68. The highest BCUT2D eigenvalue weighted by Gasteiger charge is 2.51. The van der Waals surface area contributed by atoms with Gasteiger partial charge in [-0.25, -0.2) is 9.36 Å². The molecule has 1 aromatic heterocycles. The molecule has 2 rings (SSSR count). The third-order valence-electron chi connectivity index (χ3n) is 4.46. The molecular weight excluding hydrogens is 413 g/mol. The van der Waals surface area contributed by atoms with E-state index in [1.165, 1.54) is 17.9 Å². The second-order valence-electron chi connectivity index (χ2n) is 9.77. The van der Waals surface area contributed by atoms with Crippen molar-refractivity contribution in [2.75, 3.05) is 12.8 Å². The fraction of sp³-hybridized carbons (Fsp3) is 0.789. The minimum absolute atomic E-state index is 0.126. The molecular formula is C19H34N3O7P. The Morgan fingerprint density at radius 2 is 1.87 bits per heavy atom. The van der Waals surface area contributed by atoms with Crippen LogP contribution in [0.5, 0.6) is 0 Å². The summed E-state index contributed by atoms with van der Waals surface area (Å²) in [6.45, 7) is 12.7. The molecule has 3 N–H and O–H groups in total. The van der Waals surface area contributed by atoms with E-state index in [1.54, 1.807) is 27.7 Å². The first-order chi connectivity index (χ1) is 13.5. The summed E-state index contributed by atoms with van der Waals surface area (Å²) in [6, 6.07) is 0. The van der Waals surface area contributed by atoms with Gasteiger partial charge in [0, 0.05) is 18.9 Å². The van der Waals surface area contributed by atoms with E-state index in [0.29, 0.717) is 12.0 Å². The van der Waals surface area contributed by atoms with Gasteiger partial charge in [-0.1, -0.05) is 20.8 Å². The number of phosphoric ester groups is 1. The van der Waals surface area contributed by atoms with Crippen LogP contribution in [0, 0.1) is 12.3 Å². The summed E-state index contributed by atoms with van der Waals surface area (Å²) in [7, 11) is -3.02. The topological polar surface area (TPSA) is 135 Å². The smallest absolute Gasteiger partial charge is 0.383 e. The quantitative estimate of drug-likeness (QED) is 0.631. The molecule has 0 radical (unpaired) electrons. The second-order valence-corrected chi connectivity index (χ2v) is 11.1. The van der Waals surface area contributed by atoms with Crippen LogP contribution in [-0.2, 0) is 23.1 Å². The van der Waals surface area contributed by atoms with Crippen LogP contribution in [0.4, 0.5) is 5.82 Å². The molecule has 1 fully saturated rings. The molecule has 1 saturated heterocycles. The van der Waals surface area contributed by atoms with Crippen molar-refractivity contribution in [2.45, 2.75) is 85.0 Å². The highest BCUT2D eigenvalue weighted by atomic mass is 31.2. The molecule has 30 heavy (non-hydrogen) atoms. The van der Waals surface area contributed by atoms with Gasteiger partial charge < -0.3 is 20.1 Å². The molecule has 5 atom stereocenters. The van der Waals surface area contributed by atoms with Crippen LogP contribution in [-0.4, -0.2) is 45.5 Å². The van der Waals surface area contributed by atoms with Crippen molar-refractivity contribution in [1.29, 1.82) is 0 Å². The fourth-order valence-electron chi connectivity index (χ4n) is 3.36.